The Hall–Kier alpha value is -2.48. The summed E-state index contributed by atoms with van der Waals surface area (Å²) < 4.78 is 1.32. The Morgan fingerprint density at radius 1 is 1.24 bits per heavy atom. The van der Waals surface area contributed by atoms with E-state index in [1.807, 2.05) is 0 Å². The number of anilines is 1. The lowest BCUT2D eigenvalue weighted by molar-refractivity contribution is -0.132. The summed E-state index contributed by atoms with van der Waals surface area (Å²) in [5.41, 5.74) is 1.14. The summed E-state index contributed by atoms with van der Waals surface area (Å²) in [6, 6.07) is 2.84. The molecule has 1 fully saturated rings. The van der Waals surface area contributed by atoms with Crippen molar-refractivity contribution in [3.8, 4) is 0 Å². The van der Waals surface area contributed by atoms with Gasteiger partial charge < -0.3 is 9.47 Å². The monoisotopic (exact) mass is 414 g/mol. The lowest BCUT2D eigenvalue weighted by atomic mass is 9.93. The molecule has 7 nitrogen and oxygen atoms in total. The summed E-state index contributed by atoms with van der Waals surface area (Å²) >= 11 is 1.53. The van der Waals surface area contributed by atoms with E-state index in [0.29, 0.717) is 16.6 Å². The fourth-order valence-electron chi connectivity index (χ4n) is 3.94. The Bertz CT molecular complexity index is 975. The van der Waals surface area contributed by atoms with Crippen molar-refractivity contribution in [1.82, 2.24) is 14.5 Å². The maximum absolute atomic E-state index is 12.7. The number of fused-ring (bicyclic) bond motifs is 1. The fourth-order valence-corrected chi connectivity index (χ4v) is 5.11. The normalized spacial score (nSPS) is 18.9. The topological polar surface area (TPSA) is 84.3 Å². The standard InChI is InChI=1S/C21H26N4O3S/c1-14-5-7-16-17(11-14)29-21(22-16)23-20(28)15-6-8-18(26)25(12-15)13-19(27)24-9-3-2-4-10-24/h6,8,12,14H,2-5,7,9-11,13H2,1H3,(H,22,23,28)/t14-/m0/s1. The second-order valence-electron chi connectivity index (χ2n) is 8.02. The molecule has 3 heterocycles. The van der Waals surface area contributed by atoms with Crippen LogP contribution in [0.25, 0.3) is 0 Å². The van der Waals surface area contributed by atoms with Gasteiger partial charge in [-0.3, -0.25) is 19.7 Å². The number of pyridine rings is 1. The minimum Gasteiger partial charge on any atom is -0.341 e. The van der Waals surface area contributed by atoms with Gasteiger partial charge in [0.2, 0.25) is 5.91 Å². The van der Waals surface area contributed by atoms with Gasteiger partial charge in [0.05, 0.1) is 11.3 Å². The molecule has 1 atom stereocenters. The molecular formula is C21H26N4O3S. The Morgan fingerprint density at radius 3 is 2.83 bits per heavy atom. The van der Waals surface area contributed by atoms with E-state index in [0.717, 1.165) is 57.3 Å². The van der Waals surface area contributed by atoms with E-state index >= 15 is 0 Å². The predicted molar refractivity (Wildman–Crippen MR) is 112 cm³/mol. The van der Waals surface area contributed by atoms with Gasteiger partial charge in [0.15, 0.2) is 5.13 Å². The third kappa shape index (κ3) is 4.58. The summed E-state index contributed by atoms with van der Waals surface area (Å²) in [5.74, 6) is 0.252. The number of thiazole rings is 1. The van der Waals surface area contributed by atoms with Crippen molar-refractivity contribution >= 4 is 28.3 Å². The van der Waals surface area contributed by atoms with Crippen molar-refractivity contribution in [1.29, 1.82) is 0 Å². The van der Waals surface area contributed by atoms with Gasteiger partial charge in [0.1, 0.15) is 6.54 Å². The average molecular weight is 415 g/mol. The number of aryl methyl sites for hydroxylation is 1. The van der Waals surface area contributed by atoms with Crippen LogP contribution in [0.1, 0.15) is 53.5 Å². The van der Waals surface area contributed by atoms with Crippen LogP contribution < -0.4 is 10.9 Å². The minimum atomic E-state index is -0.316. The van der Waals surface area contributed by atoms with Crippen LogP contribution in [0.5, 0.6) is 0 Å². The summed E-state index contributed by atoms with van der Waals surface area (Å²) in [5, 5.41) is 3.45. The Balaban J connectivity index is 1.46. The van der Waals surface area contributed by atoms with Gasteiger partial charge in [-0.15, -0.1) is 11.3 Å². The van der Waals surface area contributed by atoms with E-state index < -0.39 is 0 Å². The number of piperidine rings is 1. The molecule has 0 saturated carbocycles. The number of nitrogens with one attached hydrogen (secondary N) is 1. The van der Waals surface area contributed by atoms with Crippen molar-refractivity contribution in [2.75, 3.05) is 18.4 Å². The number of hydrogen-bond acceptors (Lipinski definition) is 5. The average Bonchev–Trinajstić information content (AvgIpc) is 3.11. The SMILES string of the molecule is C[C@H]1CCc2nc(NC(=O)c3ccc(=O)n(CC(=O)N4CCCCC4)c3)sc2C1. The third-order valence-corrected chi connectivity index (χ3v) is 6.70. The molecule has 1 aliphatic carbocycles. The van der Waals surface area contributed by atoms with Gasteiger partial charge in [-0.25, -0.2) is 4.98 Å². The molecule has 1 N–H and O–H groups in total. The maximum Gasteiger partial charge on any atom is 0.258 e. The van der Waals surface area contributed by atoms with Crippen molar-refractivity contribution in [2.45, 2.75) is 52.0 Å². The molecule has 0 spiro atoms. The molecule has 1 saturated heterocycles. The third-order valence-electron chi connectivity index (χ3n) is 5.67. The smallest absolute Gasteiger partial charge is 0.258 e. The predicted octanol–water partition coefficient (Wildman–Crippen LogP) is 2.69. The molecule has 2 aromatic heterocycles. The van der Waals surface area contributed by atoms with E-state index in [-0.39, 0.29) is 23.9 Å². The highest BCUT2D eigenvalue weighted by atomic mass is 32.1. The molecular weight excluding hydrogens is 388 g/mol. The molecule has 0 unspecified atom stereocenters. The van der Waals surface area contributed by atoms with Gasteiger partial charge in [-0.2, -0.15) is 0 Å². The first-order valence-electron chi connectivity index (χ1n) is 10.3. The Kier molecular flexibility index (Phi) is 5.80. The summed E-state index contributed by atoms with van der Waals surface area (Å²) in [4.78, 5) is 45.0. The van der Waals surface area contributed by atoms with Crippen LogP contribution in [-0.2, 0) is 24.2 Å². The van der Waals surface area contributed by atoms with Crippen molar-refractivity contribution in [2.24, 2.45) is 5.92 Å². The van der Waals surface area contributed by atoms with Crippen LogP contribution in [0.2, 0.25) is 0 Å². The van der Waals surface area contributed by atoms with Gasteiger partial charge in [0, 0.05) is 30.2 Å². The van der Waals surface area contributed by atoms with Crippen LogP contribution in [-0.4, -0.2) is 39.4 Å². The molecule has 29 heavy (non-hydrogen) atoms. The van der Waals surface area contributed by atoms with Crippen LogP contribution >= 0.6 is 11.3 Å². The number of rotatable bonds is 4. The molecule has 2 amide bonds. The minimum absolute atomic E-state index is 0.0383. The lowest BCUT2D eigenvalue weighted by Gasteiger charge is -2.26. The Labute approximate surface area is 173 Å². The lowest BCUT2D eigenvalue weighted by Crippen LogP contribution is -2.39. The second kappa shape index (κ2) is 8.49. The molecule has 0 radical (unpaired) electrons. The molecule has 1 aliphatic heterocycles. The van der Waals surface area contributed by atoms with Crippen LogP contribution in [0.3, 0.4) is 0 Å². The number of amides is 2. The Morgan fingerprint density at radius 2 is 2.03 bits per heavy atom. The number of nitrogens with zero attached hydrogens (tertiary/aromatic N) is 3. The number of carbonyl (C=O) groups is 2. The first-order valence-corrected chi connectivity index (χ1v) is 11.1. The number of likely N-dealkylation sites (tertiary alicyclic amines) is 1. The molecule has 154 valence electrons. The van der Waals surface area contributed by atoms with Gasteiger partial charge >= 0.3 is 0 Å². The molecule has 2 aromatic rings. The van der Waals surface area contributed by atoms with Gasteiger partial charge in [-0.1, -0.05) is 6.92 Å². The van der Waals surface area contributed by atoms with Crippen molar-refractivity contribution < 1.29 is 9.59 Å². The van der Waals surface area contributed by atoms with E-state index in [1.54, 1.807) is 4.90 Å². The molecule has 2 aliphatic rings. The largest absolute Gasteiger partial charge is 0.341 e. The van der Waals surface area contributed by atoms with Gasteiger partial charge in [0.25, 0.3) is 11.5 Å². The highest BCUT2D eigenvalue weighted by Crippen LogP contribution is 2.32. The van der Waals surface area contributed by atoms with Gasteiger partial charge in [-0.05, 0) is 50.5 Å². The summed E-state index contributed by atoms with van der Waals surface area (Å²) in [6.07, 6.45) is 7.69. The summed E-state index contributed by atoms with van der Waals surface area (Å²) in [7, 11) is 0. The highest BCUT2D eigenvalue weighted by molar-refractivity contribution is 7.15. The fraction of sp³-hybridized carbons (Fsp3) is 0.524. The zero-order valence-electron chi connectivity index (χ0n) is 16.6. The number of aromatic nitrogens is 2. The maximum atomic E-state index is 12.7. The zero-order valence-corrected chi connectivity index (χ0v) is 17.5. The van der Waals surface area contributed by atoms with Crippen LogP contribution in [0, 0.1) is 5.92 Å². The first kappa shape index (κ1) is 19.8. The molecule has 0 bridgehead atoms. The zero-order chi connectivity index (χ0) is 20.4. The highest BCUT2D eigenvalue weighted by Gasteiger charge is 2.21. The molecule has 8 heteroatoms. The van der Waals surface area contributed by atoms with Crippen LogP contribution in [0.4, 0.5) is 5.13 Å². The molecule has 0 aromatic carbocycles. The van der Waals surface area contributed by atoms with E-state index in [1.165, 1.54) is 39.1 Å². The first-order chi connectivity index (χ1) is 14.0. The van der Waals surface area contributed by atoms with E-state index in [4.69, 9.17) is 0 Å². The van der Waals surface area contributed by atoms with Crippen molar-refractivity contribution in [3.63, 3.8) is 0 Å². The number of carbonyl (C=O) groups excluding carboxylic acids is 2. The van der Waals surface area contributed by atoms with Crippen LogP contribution in [0.15, 0.2) is 23.1 Å². The van der Waals surface area contributed by atoms with E-state index in [9.17, 15) is 14.4 Å². The summed E-state index contributed by atoms with van der Waals surface area (Å²) in [6.45, 7) is 3.67. The quantitative estimate of drug-likeness (QED) is 0.834. The second-order valence-corrected chi connectivity index (χ2v) is 9.10. The number of hydrogen-bond donors (Lipinski definition) is 1. The van der Waals surface area contributed by atoms with Crippen molar-refractivity contribution in [3.05, 3.63) is 44.8 Å². The molecule has 4 rings (SSSR count). The van der Waals surface area contributed by atoms with E-state index in [2.05, 4.69) is 17.2 Å².